The first-order valence-corrected chi connectivity index (χ1v) is 10.2. The van der Waals surface area contributed by atoms with Crippen LogP contribution in [0, 0.1) is 0 Å². The van der Waals surface area contributed by atoms with Gasteiger partial charge in [0.15, 0.2) is 0 Å². The van der Waals surface area contributed by atoms with E-state index in [0.29, 0.717) is 13.0 Å². The predicted octanol–water partition coefficient (Wildman–Crippen LogP) is 4.77. The molecule has 4 nitrogen and oxygen atoms in total. The van der Waals surface area contributed by atoms with Gasteiger partial charge in [-0.05, 0) is 26.2 Å². The molecule has 0 aliphatic carbocycles. The Hall–Kier alpha value is -0.610. The van der Waals surface area contributed by atoms with Gasteiger partial charge in [0.2, 0.25) is 0 Å². The first-order valence-electron chi connectivity index (χ1n) is 10.2. The summed E-state index contributed by atoms with van der Waals surface area (Å²) in [7, 11) is 0. The lowest BCUT2D eigenvalue weighted by molar-refractivity contribution is -0.143. The first kappa shape index (κ1) is 21.4. The number of esters is 1. The van der Waals surface area contributed by atoms with Crippen molar-refractivity contribution in [3.8, 4) is 0 Å². The monoisotopic (exact) mass is 342 g/mol. The molecule has 1 aliphatic heterocycles. The van der Waals surface area contributed by atoms with Gasteiger partial charge in [0.05, 0.1) is 24.9 Å². The van der Waals surface area contributed by atoms with Crippen LogP contribution in [0.4, 0.5) is 0 Å². The van der Waals surface area contributed by atoms with Crippen LogP contribution in [-0.2, 0) is 14.3 Å². The average Bonchev–Trinajstić information content (AvgIpc) is 2.91. The summed E-state index contributed by atoms with van der Waals surface area (Å²) in [5.74, 6) is -0.0787. The van der Waals surface area contributed by atoms with E-state index in [1.807, 2.05) is 6.92 Å². The zero-order valence-electron chi connectivity index (χ0n) is 15.8. The zero-order valence-corrected chi connectivity index (χ0v) is 15.8. The van der Waals surface area contributed by atoms with Gasteiger partial charge < -0.3 is 14.6 Å². The van der Waals surface area contributed by atoms with Crippen LogP contribution in [0.2, 0.25) is 0 Å². The molecule has 0 aromatic heterocycles. The minimum Gasteiger partial charge on any atom is -0.466 e. The van der Waals surface area contributed by atoms with Crippen molar-refractivity contribution in [1.29, 1.82) is 0 Å². The number of hydrogen-bond donors (Lipinski definition) is 1. The number of rotatable bonds is 14. The Kier molecular flexibility index (Phi) is 12.2. The minimum absolute atomic E-state index is 0.0423. The molecule has 0 radical (unpaired) electrons. The zero-order chi connectivity index (χ0) is 17.6. The molecule has 1 aliphatic rings. The molecule has 1 heterocycles. The van der Waals surface area contributed by atoms with Crippen molar-refractivity contribution in [3.05, 3.63) is 0 Å². The SMILES string of the molecule is CCCCCC[C@@H]1C[C@H](O)[C@H](CCCCCCCC(=O)OCC)O1. The van der Waals surface area contributed by atoms with Gasteiger partial charge in [0, 0.05) is 12.8 Å². The maximum absolute atomic E-state index is 11.2. The molecule has 0 aromatic rings. The standard InChI is InChI=1S/C20H38O4/c1-3-5-6-10-13-17-16-18(21)19(24-17)14-11-8-7-9-12-15-20(22)23-4-2/h17-19,21H,3-16H2,1-2H3/t17-,18+,19+/m1/s1. The van der Waals surface area contributed by atoms with Crippen molar-refractivity contribution in [2.45, 2.75) is 116 Å². The first-order chi connectivity index (χ1) is 11.7. The van der Waals surface area contributed by atoms with Crippen LogP contribution in [0.25, 0.3) is 0 Å². The summed E-state index contributed by atoms with van der Waals surface area (Å²) in [4.78, 5) is 11.2. The van der Waals surface area contributed by atoms with Crippen LogP contribution in [0.1, 0.15) is 97.3 Å². The van der Waals surface area contributed by atoms with Gasteiger partial charge in [0.25, 0.3) is 0 Å². The summed E-state index contributed by atoms with van der Waals surface area (Å²) >= 11 is 0. The van der Waals surface area contributed by atoms with E-state index in [1.165, 1.54) is 25.7 Å². The van der Waals surface area contributed by atoms with Crippen LogP contribution in [0.15, 0.2) is 0 Å². The molecule has 1 saturated heterocycles. The molecule has 142 valence electrons. The molecule has 1 N–H and O–H groups in total. The number of ether oxygens (including phenoxy) is 2. The molecular formula is C20H38O4. The van der Waals surface area contributed by atoms with Gasteiger partial charge in [0.1, 0.15) is 0 Å². The van der Waals surface area contributed by atoms with E-state index < -0.39 is 0 Å². The van der Waals surface area contributed by atoms with Crippen LogP contribution in [0.5, 0.6) is 0 Å². The van der Waals surface area contributed by atoms with Crippen molar-refractivity contribution in [2.24, 2.45) is 0 Å². The van der Waals surface area contributed by atoms with Gasteiger partial charge in [-0.2, -0.15) is 0 Å². The topological polar surface area (TPSA) is 55.8 Å². The lowest BCUT2D eigenvalue weighted by Gasteiger charge is -2.14. The fraction of sp³-hybridized carbons (Fsp3) is 0.950. The highest BCUT2D eigenvalue weighted by atomic mass is 16.5. The smallest absolute Gasteiger partial charge is 0.305 e. The van der Waals surface area contributed by atoms with E-state index in [4.69, 9.17) is 9.47 Å². The predicted molar refractivity (Wildman–Crippen MR) is 97.0 cm³/mol. The molecular weight excluding hydrogens is 304 g/mol. The molecule has 0 spiro atoms. The fourth-order valence-corrected chi connectivity index (χ4v) is 3.44. The molecule has 0 amide bonds. The Morgan fingerprint density at radius 2 is 1.67 bits per heavy atom. The van der Waals surface area contributed by atoms with E-state index >= 15 is 0 Å². The molecule has 0 saturated carbocycles. The van der Waals surface area contributed by atoms with E-state index in [2.05, 4.69) is 6.92 Å². The molecule has 24 heavy (non-hydrogen) atoms. The number of carbonyl (C=O) groups is 1. The molecule has 0 bridgehead atoms. The molecule has 1 rings (SSSR count). The Morgan fingerprint density at radius 1 is 1.00 bits per heavy atom. The Bertz CT molecular complexity index is 319. The van der Waals surface area contributed by atoms with Gasteiger partial charge in [-0.3, -0.25) is 4.79 Å². The highest BCUT2D eigenvalue weighted by Crippen LogP contribution is 2.28. The second-order valence-electron chi connectivity index (χ2n) is 7.06. The quantitative estimate of drug-likeness (QED) is 0.365. The Balaban J connectivity index is 1.98. The van der Waals surface area contributed by atoms with Crippen molar-refractivity contribution in [1.82, 2.24) is 0 Å². The lowest BCUT2D eigenvalue weighted by atomic mass is 10.0. The fourth-order valence-electron chi connectivity index (χ4n) is 3.44. The van der Waals surface area contributed by atoms with E-state index in [-0.39, 0.29) is 24.3 Å². The number of aliphatic hydroxyl groups is 1. The summed E-state index contributed by atoms with van der Waals surface area (Å²) in [5.41, 5.74) is 0. The summed E-state index contributed by atoms with van der Waals surface area (Å²) < 4.78 is 10.9. The molecule has 0 unspecified atom stereocenters. The number of hydrogen-bond acceptors (Lipinski definition) is 4. The van der Waals surface area contributed by atoms with Crippen LogP contribution in [-0.4, -0.2) is 36.0 Å². The minimum atomic E-state index is -0.273. The third-order valence-corrected chi connectivity index (χ3v) is 4.86. The third-order valence-electron chi connectivity index (χ3n) is 4.86. The molecule has 0 aromatic carbocycles. The van der Waals surface area contributed by atoms with E-state index in [0.717, 1.165) is 51.4 Å². The number of aliphatic hydroxyl groups excluding tert-OH is 1. The van der Waals surface area contributed by atoms with Gasteiger partial charge in [-0.1, -0.05) is 58.3 Å². The second-order valence-corrected chi connectivity index (χ2v) is 7.06. The summed E-state index contributed by atoms with van der Waals surface area (Å²) in [5, 5.41) is 10.1. The third kappa shape index (κ3) is 9.63. The largest absolute Gasteiger partial charge is 0.466 e. The van der Waals surface area contributed by atoms with Gasteiger partial charge >= 0.3 is 5.97 Å². The van der Waals surface area contributed by atoms with Crippen molar-refractivity contribution >= 4 is 5.97 Å². The van der Waals surface area contributed by atoms with Crippen LogP contribution >= 0.6 is 0 Å². The Morgan fingerprint density at radius 3 is 2.42 bits per heavy atom. The highest BCUT2D eigenvalue weighted by molar-refractivity contribution is 5.69. The summed E-state index contributed by atoms with van der Waals surface area (Å²) in [6.07, 6.45) is 13.9. The highest BCUT2D eigenvalue weighted by Gasteiger charge is 2.32. The maximum atomic E-state index is 11.2. The van der Waals surface area contributed by atoms with E-state index in [1.54, 1.807) is 0 Å². The van der Waals surface area contributed by atoms with Crippen LogP contribution < -0.4 is 0 Å². The van der Waals surface area contributed by atoms with Crippen molar-refractivity contribution in [2.75, 3.05) is 6.61 Å². The van der Waals surface area contributed by atoms with E-state index in [9.17, 15) is 9.90 Å². The van der Waals surface area contributed by atoms with Gasteiger partial charge in [-0.15, -0.1) is 0 Å². The lowest BCUT2D eigenvalue weighted by Crippen LogP contribution is -2.20. The Labute approximate surface area is 148 Å². The van der Waals surface area contributed by atoms with Gasteiger partial charge in [-0.25, -0.2) is 0 Å². The normalized spacial score (nSPS) is 23.5. The average molecular weight is 343 g/mol. The maximum Gasteiger partial charge on any atom is 0.305 e. The summed E-state index contributed by atoms with van der Waals surface area (Å²) in [6.45, 7) is 4.54. The van der Waals surface area contributed by atoms with Crippen molar-refractivity contribution < 1.29 is 19.4 Å². The van der Waals surface area contributed by atoms with Crippen molar-refractivity contribution in [3.63, 3.8) is 0 Å². The second kappa shape index (κ2) is 13.7. The summed E-state index contributed by atoms with van der Waals surface area (Å²) in [6, 6.07) is 0. The molecule has 3 atom stereocenters. The molecule has 1 fully saturated rings. The van der Waals surface area contributed by atoms with Crippen LogP contribution in [0.3, 0.4) is 0 Å². The molecule has 4 heteroatoms. The number of carbonyl (C=O) groups excluding carboxylic acids is 1. The number of unbranched alkanes of at least 4 members (excludes halogenated alkanes) is 7.